The first-order valence-electron chi connectivity index (χ1n) is 15.4. The van der Waals surface area contributed by atoms with E-state index in [-0.39, 0.29) is 23.9 Å². The summed E-state index contributed by atoms with van der Waals surface area (Å²) in [6.07, 6.45) is 1.89. The smallest absolute Gasteiger partial charge is 0.325 e. The third kappa shape index (κ3) is 6.48. The first-order valence-corrected chi connectivity index (χ1v) is 16.6. The van der Waals surface area contributed by atoms with E-state index in [9.17, 15) is 19.5 Å². The number of piperazine rings is 1. The number of hydrogen-bond acceptors (Lipinski definition) is 6. The number of hydrogen-bond donors (Lipinski definition) is 2. The molecule has 3 heterocycles. The highest BCUT2D eigenvalue weighted by Crippen LogP contribution is 2.32. The number of aromatic nitrogens is 2. The second-order valence-corrected chi connectivity index (χ2v) is 13.4. The minimum atomic E-state index is -1.28. The van der Waals surface area contributed by atoms with Gasteiger partial charge in [-0.15, -0.1) is 11.3 Å². The number of nitrogens with one attached hydrogen (secondary N) is 1. The first-order chi connectivity index (χ1) is 21.5. The molecule has 2 aromatic carbocycles. The summed E-state index contributed by atoms with van der Waals surface area (Å²) < 4.78 is 1.75. The molecule has 4 aromatic rings. The van der Waals surface area contributed by atoms with Crippen molar-refractivity contribution in [2.75, 3.05) is 19.6 Å². The topological polar surface area (TPSA) is 105 Å². The van der Waals surface area contributed by atoms with Crippen LogP contribution in [0.15, 0.2) is 58.7 Å². The summed E-state index contributed by atoms with van der Waals surface area (Å²) in [5.41, 5.74) is 4.25. The summed E-state index contributed by atoms with van der Waals surface area (Å²) in [6, 6.07) is 15.1. The lowest BCUT2D eigenvalue weighted by Gasteiger charge is -2.39. The molecular formula is C35H39ClN4O4S. The van der Waals surface area contributed by atoms with Crippen molar-refractivity contribution >= 4 is 34.8 Å². The van der Waals surface area contributed by atoms with E-state index in [1.54, 1.807) is 34.6 Å². The summed E-state index contributed by atoms with van der Waals surface area (Å²) in [5.74, 6) is -1.18. The SMILES string of the molecule is CCc1cccc(CC)c1-n1c(CC(C)C)c(C(=O)N2CCNC(C)(C(=O)O)C2)cc(-c2nc(-c3ccc(Cl)cc3)cs2)c1=O. The second-order valence-electron chi connectivity index (χ2n) is 12.1. The van der Waals surface area contributed by atoms with Crippen molar-refractivity contribution in [1.82, 2.24) is 19.8 Å². The van der Waals surface area contributed by atoms with E-state index in [2.05, 4.69) is 33.0 Å². The molecule has 10 heteroatoms. The van der Waals surface area contributed by atoms with Gasteiger partial charge in [0, 0.05) is 41.3 Å². The lowest BCUT2D eigenvalue weighted by molar-refractivity contribution is -0.145. The molecule has 0 spiro atoms. The normalized spacial score (nSPS) is 16.7. The van der Waals surface area contributed by atoms with Crippen LogP contribution in [0, 0.1) is 5.92 Å². The highest BCUT2D eigenvalue weighted by Gasteiger charge is 2.40. The van der Waals surface area contributed by atoms with Crippen LogP contribution in [0.2, 0.25) is 5.02 Å². The Hall–Kier alpha value is -3.79. The Morgan fingerprint density at radius 2 is 1.78 bits per heavy atom. The van der Waals surface area contributed by atoms with Crippen LogP contribution in [0.25, 0.3) is 27.5 Å². The molecule has 1 atom stereocenters. The number of para-hydroxylation sites is 1. The van der Waals surface area contributed by atoms with E-state index >= 15 is 0 Å². The molecule has 5 rings (SSSR count). The molecular weight excluding hydrogens is 608 g/mol. The number of nitrogens with zero attached hydrogens (tertiary/aromatic N) is 3. The fraction of sp³-hybridized carbons (Fsp3) is 0.371. The second kappa shape index (κ2) is 13.3. The Balaban J connectivity index is 1.79. The van der Waals surface area contributed by atoms with Gasteiger partial charge in [0.2, 0.25) is 0 Å². The zero-order chi connectivity index (χ0) is 32.5. The van der Waals surface area contributed by atoms with E-state index in [0.717, 1.165) is 22.4 Å². The van der Waals surface area contributed by atoms with Gasteiger partial charge < -0.3 is 10.0 Å². The van der Waals surface area contributed by atoms with Gasteiger partial charge in [-0.2, -0.15) is 0 Å². The lowest BCUT2D eigenvalue weighted by atomic mass is 9.95. The van der Waals surface area contributed by atoms with E-state index < -0.39 is 11.5 Å². The van der Waals surface area contributed by atoms with E-state index in [4.69, 9.17) is 16.6 Å². The maximum absolute atomic E-state index is 14.7. The predicted molar refractivity (Wildman–Crippen MR) is 181 cm³/mol. The molecule has 236 valence electrons. The quantitative estimate of drug-likeness (QED) is 0.215. The summed E-state index contributed by atoms with van der Waals surface area (Å²) in [4.78, 5) is 47.8. The molecule has 1 saturated heterocycles. The van der Waals surface area contributed by atoms with Gasteiger partial charge in [0.15, 0.2) is 0 Å². The van der Waals surface area contributed by atoms with Crippen molar-refractivity contribution in [2.45, 2.75) is 59.4 Å². The highest BCUT2D eigenvalue weighted by atomic mass is 35.5. The Bertz CT molecular complexity index is 1770. The van der Waals surface area contributed by atoms with Crippen molar-refractivity contribution in [1.29, 1.82) is 0 Å². The van der Waals surface area contributed by atoms with Crippen LogP contribution >= 0.6 is 22.9 Å². The monoisotopic (exact) mass is 646 g/mol. The van der Waals surface area contributed by atoms with Crippen LogP contribution in [0.4, 0.5) is 0 Å². The molecule has 1 aliphatic heterocycles. The summed E-state index contributed by atoms with van der Waals surface area (Å²) >= 11 is 7.46. The van der Waals surface area contributed by atoms with Gasteiger partial charge in [-0.05, 0) is 61.4 Å². The standard InChI is InChI=1S/C35H39ClN4O4S/c1-6-22-9-8-10-23(7-2)30(22)40-29(17-21(3)4)26(32(41)39-16-15-37-35(5,20-39)34(43)44)18-27(33(40)42)31-38-28(19-45-31)24-11-13-25(36)14-12-24/h8-14,18-19,21,37H,6-7,15-17,20H2,1-5H3,(H,43,44). The van der Waals surface area contributed by atoms with Crippen LogP contribution in [-0.2, 0) is 24.1 Å². The molecule has 0 bridgehead atoms. The average Bonchev–Trinajstić information content (AvgIpc) is 3.51. The van der Waals surface area contributed by atoms with Crippen LogP contribution in [-0.4, -0.2) is 56.6 Å². The van der Waals surface area contributed by atoms with Gasteiger partial charge in [0.25, 0.3) is 11.5 Å². The highest BCUT2D eigenvalue weighted by molar-refractivity contribution is 7.13. The summed E-state index contributed by atoms with van der Waals surface area (Å²) in [6.45, 7) is 10.5. The Kier molecular flexibility index (Phi) is 9.63. The van der Waals surface area contributed by atoms with E-state index in [0.29, 0.717) is 64.9 Å². The Morgan fingerprint density at radius 1 is 1.11 bits per heavy atom. The summed E-state index contributed by atoms with van der Waals surface area (Å²) in [7, 11) is 0. The number of carboxylic acids is 1. The van der Waals surface area contributed by atoms with Crippen LogP contribution < -0.4 is 10.9 Å². The number of pyridine rings is 1. The zero-order valence-electron chi connectivity index (χ0n) is 26.3. The number of aliphatic carboxylic acids is 1. The third-order valence-corrected chi connectivity index (χ3v) is 9.49. The number of benzene rings is 2. The van der Waals surface area contributed by atoms with Crippen molar-refractivity contribution in [3.05, 3.63) is 91.7 Å². The van der Waals surface area contributed by atoms with Crippen LogP contribution in [0.1, 0.15) is 61.8 Å². The van der Waals surface area contributed by atoms with Gasteiger partial charge in [-0.1, -0.05) is 69.6 Å². The molecule has 1 aliphatic rings. The van der Waals surface area contributed by atoms with Gasteiger partial charge in [-0.25, -0.2) is 4.98 Å². The Labute approximate surface area is 272 Å². The van der Waals surface area contributed by atoms with E-state index in [1.165, 1.54) is 11.3 Å². The molecule has 0 saturated carbocycles. The molecule has 45 heavy (non-hydrogen) atoms. The minimum Gasteiger partial charge on any atom is -0.480 e. The van der Waals surface area contributed by atoms with E-state index in [1.807, 2.05) is 35.7 Å². The molecule has 0 radical (unpaired) electrons. The average molecular weight is 647 g/mol. The van der Waals surface area contributed by atoms with Crippen molar-refractivity contribution in [2.24, 2.45) is 5.92 Å². The Morgan fingerprint density at radius 3 is 2.38 bits per heavy atom. The number of carbonyl (C=O) groups excluding carboxylic acids is 1. The van der Waals surface area contributed by atoms with Gasteiger partial charge in [0.1, 0.15) is 10.5 Å². The fourth-order valence-corrected chi connectivity index (χ4v) is 6.90. The number of carbonyl (C=O) groups is 2. The van der Waals surface area contributed by atoms with Crippen LogP contribution in [0.5, 0.6) is 0 Å². The maximum Gasteiger partial charge on any atom is 0.325 e. The number of rotatable bonds is 9. The molecule has 8 nitrogen and oxygen atoms in total. The number of aryl methyl sites for hydroxylation is 2. The molecule has 2 N–H and O–H groups in total. The molecule has 2 aromatic heterocycles. The maximum atomic E-state index is 14.7. The van der Waals surface area contributed by atoms with Crippen molar-refractivity contribution in [3.63, 3.8) is 0 Å². The predicted octanol–water partition coefficient (Wildman–Crippen LogP) is 6.49. The fourth-order valence-electron chi connectivity index (χ4n) is 5.94. The van der Waals surface area contributed by atoms with Gasteiger partial charge in [0.05, 0.1) is 22.5 Å². The third-order valence-electron chi connectivity index (χ3n) is 8.36. The summed E-state index contributed by atoms with van der Waals surface area (Å²) in [5, 5.41) is 16.0. The zero-order valence-corrected chi connectivity index (χ0v) is 27.9. The number of amides is 1. The lowest BCUT2D eigenvalue weighted by Crippen LogP contribution is -2.63. The number of halogens is 1. The van der Waals surface area contributed by atoms with Crippen molar-refractivity contribution in [3.8, 4) is 27.5 Å². The molecule has 1 unspecified atom stereocenters. The van der Waals surface area contributed by atoms with Crippen molar-refractivity contribution < 1.29 is 14.7 Å². The van der Waals surface area contributed by atoms with Gasteiger partial charge in [-0.3, -0.25) is 24.3 Å². The number of thiazole rings is 1. The molecule has 0 aliphatic carbocycles. The van der Waals surface area contributed by atoms with Crippen LogP contribution in [0.3, 0.4) is 0 Å². The first kappa shape index (κ1) is 32.6. The van der Waals surface area contributed by atoms with Gasteiger partial charge >= 0.3 is 5.97 Å². The number of carboxylic acid groups (broad SMARTS) is 1. The minimum absolute atomic E-state index is 0.000465. The molecule has 1 fully saturated rings. The largest absolute Gasteiger partial charge is 0.480 e. The molecule has 1 amide bonds.